The topological polar surface area (TPSA) is 3.24 Å². The highest BCUT2D eigenvalue weighted by molar-refractivity contribution is 7.80. The van der Waals surface area contributed by atoms with Gasteiger partial charge in [-0.25, -0.2) is 0 Å². The van der Waals surface area contributed by atoms with Gasteiger partial charge in [0.1, 0.15) is 0 Å². The zero-order chi connectivity index (χ0) is 11.6. The molecule has 1 aliphatic carbocycles. The molecule has 0 N–H and O–H groups in total. The van der Waals surface area contributed by atoms with E-state index in [4.69, 9.17) is 0 Å². The highest BCUT2D eigenvalue weighted by atomic mass is 32.1. The van der Waals surface area contributed by atoms with E-state index in [-0.39, 0.29) is 0 Å². The van der Waals surface area contributed by atoms with Gasteiger partial charge in [-0.15, -0.1) is 0 Å². The molecule has 2 fully saturated rings. The maximum atomic E-state index is 4.61. The van der Waals surface area contributed by atoms with Crippen molar-refractivity contribution in [2.24, 2.45) is 17.3 Å². The fraction of sp³-hybridized carbons (Fsp3) is 1.00. The lowest BCUT2D eigenvalue weighted by Gasteiger charge is -2.40. The summed E-state index contributed by atoms with van der Waals surface area (Å²) in [6.45, 7) is 8.77. The minimum Gasteiger partial charge on any atom is -0.302 e. The van der Waals surface area contributed by atoms with Gasteiger partial charge in [0.25, 0.3) is 0 Å². The number of likely N-dealkylation sites (tertiary alicyclic amines) is 1. The first-order chi connectivity index (χ1) is 7.65. The molecule has 1 aliphatic heterocycles. The molecule has 1 saturated carbocycles. The second kappa shape index (κ2) is 5.30. The second-order valence-corrected chi connectivity index (χ2v) is 6.66. The van der Waals surface area contributed by atoms with Gasteiger partial charge in [0, 0.05) is 13.1 Å². The van der Waals surface area contributed by atoms with Gasteiger partial charge in [-0.2, -0.15) is 12.6 Å². The van der Waals surface area contributed by atoms with Gasteiger partial charge in [-0.05, 0) is 48.8 Å². The number of nitrogens with zero attached hydrogens (tertiary/aromatic N) is 1. The summed E-state index contributed by atoms with van der Waals surface area (Å²) in [5, 5.41) is 0. The Labute approximate surface area is 106 Å². The molecular formula is C14H27NS. The summed E-state index contributed by atoms with van der Waals surface area (Å²) in [6.07, 6.45) is 7.08. The molecule has 0 spiro atoms. The Morgan fingerprint density at radius 2 is 1.88 bits per heavy atom. The van der Waals surface area contributed by atoms with Crippen LogP contribution in [-0.4, -0.2) is 30.3 Å². The van der Waals surface area contributed by atoms with Crippen molar-refractivity contribution in [2.45, 2.75) is 46.0 Å². The highest BCUT2D eigenvalue weighted by Gasteiger charge is 2.35. The summed E-state index contributed by atoms with van der Waals surface area (Å²) < 4.78 is 0. The largest absolute Gasteiger partial charge is 0.302 e. The molecule has 1 nitrogen and oxygen atoms in total. The first-order valence-corrected chi connectivity index (χ1v) is 7.62. The smallest absolute Gasteiger partial charge is 0.00459 e. The molecule has 16 heavy (non-hydrogen) atoms. The van der Waals surface area contributed by atoms with Crippen LogP contribution in [0, 0.1) is 17.3 Å². The molecule has 2 rings (SSSR count). The lowest BCUT2D eigenvalue weighted by atomic mass is 9.84. The van der Waals surface area contributed by atoms with Gasteiger partial charge in [-0.1, -0.05) is 26.7 Å². The van der Waals surface area contributed by atoms with Gasteiger partial charge < -0.3 is 4.90 Å². The predicted octanol–water partition coefficient (Wildman–Crippen LogP) is 3.45. The Morgan fingerprint density at radius 1 is 1.19 bits per heavy atom. The molecular weight excluding hydrogens is 214 g/mol. The summed E-state index contributed by atoms with van der Waals surface area (Å²) >= 11 is 4.61. The van der Waals surface area contributed by atoms with Crippen molar-refractivity contribution in [3.05, 3.63) is 0 Å². The van der Waals surface area contributed by atoms with Crippen molar-refractivity contribution in [1.29, 1.82) is 0 Å². The molecule has 0 aromatic carbocycles. The summed E-state index contributed by atoms with van der Waals surface area (Å²) in [6, 6.07) is 0. The average molecular weight is 241 g/mol. The van der Waals surface area contributed by atoms with Crippen molar-refractivity contribution < 1.29 is 0 Å². The summed E-state index contributed by atoms with van der Waals surface area (Å²) in [4.78, 5) is 2.71. The van der Waals surface area contributed by atoms with Gasteiger partial charge in [0.05, 0.1) is 0 Å². The van der Waals surface area contributed by atoms with E-state index < -0.39 is 0 Å². The molecule has 0 radical (unpaired) electrons. The Bertz CT molecular complexity index is 223. The van der Waals surface area contributed by atoms with E-state index in [1.54, 1.807) is 0 Å². The molecule has 2 unspecified atom stereocenters. The zero-order valence-electron chi connectivity index (χ0n) is 10.9. The molecule has 1 saturated heterocycles. The van der Waals surface area contributed by atoms with Crippen LogP contribution < -0.4 is 0 Å². The van der Waals surface area contributed by atoms with Crippen LogP contribution in [0.1, 0.15) is 46.0 Å². The van der Waals surface area contributed by atoms with E-state index in [9.17, 15) is 0 Å². The summed E-state index contributed by atoms with van der Waals surface area (Å²) in [5.74, 6) is 2.90. The molecule has 1 heterocycles. The van der Waals surface area contributed by atoms with Crippen LogP contribution >= 0.6 is 12.6 Å². The van der Waals surface area contributed by atoms with Crippen LogP contribution in [0.2, 0.25) is 0 Å². The molecule has 2 aliphatic rings. The van der Waals surface area contributed by atoms with E-state index in [1.165, 1.54) is 51.7 Å². The normalized spacial score (nSPS) is 35.4. The number of hydrogen-bond acceptors (Lipinski definition) is 2. The monoisotopic (exact) mass is 241 g/mol. The minimum absolute atomic E-state index is 0.559. The molecule has 2 heteroatoms. The SMILES string of the molecule is CC1CCN(CC2(CS)CCCC2)CC1C. The standard InChI is InChI=1S/C14H27NS/c1-12-5-8-15(9-13(12)2)10-14(11-16)6-3-4-7-14/h12-13,16H,3-11H2,1-2H3. The van der Waals surface area contributed by atoms with Crippen molar-refractivity contribution >= 4 is 12.6 Å². The Balaban J connectivity index is 1.89. The Kier molecular flexibility index (Phi) is 4.23. The fourth-order valence-electron chi connectivity index (χ4n) is 3.46. The Hall–Kier alpha value is 0.310. The fourth-order valence-corrected chi connectivity index (χ4v) is 3.87. The molecule has 0 bridgehead atoms. The maximum absolute atomic E-state index is 4.61. The van der Waals surface area contributed by atoms with Crippen LogP contribution in [0.3, 0.4) is 0 Å². The molecule has 94 valence electrons. The third kappa shape index (κ3) is 2.76. The van der Waals surface area contributed by atoms with Crippen LogP contribution in [0.25, 0.3) is 0 Å². The lowest BCUT2D eigenvalue weighted by Crippen LogP contribution is -2.44. The summed E-state index contributed by atoms with van der Waals surface area (Å²) in [5.41, 5.74) is 0.559. The quantitative estimate of drug-likeness (QED) is 0.741. The first-order valence-electron chi connectivity index (χ1n) is 6.98. The minimum atomic E-state index is 0.559. The van der Waals surface area contributed by atoms with E-state index in [1.807, 2.05) is 0 Å². The van der Waals surface area contributed by atoms with Gasteiger partial charge in [0.15, 0.2) is 0 Å². The highest BCUT2D eigenvalue weighted by Crippen LogP contribution is 2.40. The van der Waals surface area contributed by atoms with Crippen LogP contribution in [-0.2, 0) is 0 Å². The predicted molar refractivity (Wildman–Crippen MR) is 74.1 cm³/mol. The van der Waals surface area contributed by atoms with Crippen molar-refractivity contribution in [1.82, 2.24) is 4.90 Å². The molecule has 2 atom stereocenters. The maximum Gasteiger partial charge on any atom is 0.00459 e. The van der Waals surface area contributed by atoms with Crippen LogP contribution in [0.5, 0.6) is 0 Å². The van der Waals surface area contributed by atoms with E-state index in [2.05, 4.69) is 31.4 Å². The van der Waals surface area contributed by atoms with E-state index >= 15 is 0 Å². The molecule has 0 aromatic heterocycles. The third-order valence-corrected chi connectivity index (χ3v) is 5.65. The van der Waals surface area contributed by atoms with Gasteiger partial charge in [-0.3, -0.25) is 0 Å². The van der Waals surface area contributed by atoms with Crippen molar-refractivity contribution in [3.8, 4) is 0 Å². The Morgan fingerprint density at radius 3 is 2.44 bits per heavy atom. The van der Waals surface area contributed by atoms with E-state index in [0.29, 0.717) is 5.41 Å². The molecule has 0 amide bonds. The molecule has 0 aromatic rings. The first kappa shape index (κ1) is 12.8. The van der Waals surface area contributed by atoms with Gasteiger partial charge >= 0.3 is 0 Å². The number of rotatable bonds is 3. The van der Waals surface area contributed by atoms with E-state index in [0.717, 1.165) is 17.6 Å². The van der Waals surface area contributed by atoms with Crippen LogP contribution in [0.4, 0.5) is 0 Å². The average Bonchev–Trinajstić information content (AvgIpc) is 2.73. The third-order valence-electron chi connectivity index (χ3n) is 4.98. The number of hydrogen-bond donors (Lipinski definition) is 1. The summed E-state index contributed by atoms with van der Waals surface area (Å²) in [7, 11) is 0. The lowest BCUT2D eigenvalue weighted by molar-refractivity contribution is 0.0940. The van der Waals surface area contributed by atoms with Gasteiger partial charge in [0.2, 0.25) is 0 Å². The van der Waals surface area contributed by atoms with Crippen molar-refractivity contribution in [2.75, 3.05) is 25.4 Å². The van der Waals surface area contributed by atoms with Crippen molar-refractivity contribution in [3.63, 3.8) is 0 Å². The van der Waals surface area contributed by atoms with Crippen LogP contribution in [0.15, 0.2) is 0 Å². The second-order valence-electron chi connectivity index (χ2n) is 6.34. The number of piperidine rings is 1. The number of thiol groups is 1. The zero-order valence-corrected chi connectivity index (χ0v) is 11.8.